The number of hydrogen-bond donors (Lipinski definition) is 1. The predicted octanol–water partition coefficient (Wildman–Crippen LogP) is 5.22. The van der Waals surface area contributed by atoms with Gasteiger partial charge in [0.1, 0.15) is 11.6 Å². The molecule has 0 atom stereocenters. The largest absolute Gasteiger partial charge is 0.573 e. The lowest BCUT2D eigenvalue weighted by molar-refractivity contribution is -0.274. The number of anilines is 2. The van der Waals surface area contributed by atoms with Gasteiger partial charge in [-0.15, -0.1) is 13.2 Å². The van der Waals surface area contributed by atoms with Crippen LogP contribution in [0.4, 0.5) is 28.9 Å². The van der Waals surface area contributed by atoms with E-state index in [1.807, 2.05) is 0 Å². The third-order valence-corrected chi connectivity index (χ3v) is 3.46. The SMILES string of the molecule is COC(=O)c1cc(Cl)c(F)cc1Nc1ccc(OC(F)(F)F)cc1C. The fourth-order valence-corrected chi connectivity index (χ4v) is 2.21. The summed E-state index contributed by atoms with van der Waals surface area (Å²) in [4.78, 5) is 11.8. The first kappa shape index (κ1) is 18.9. The lowest BCUT2D eigenvalue weighted by Crippen LogP contribution is -2.17. The second kappa shape index (κ2) is 7.18. The molecule has 2 rings (SSSR count). The Hall–Kier alpha value is -2.48. The summed E-state index contributed by atoms with van der Waals surface area (Å²) in [6.45, 7) is 1.52. The zero-order valence-electron chi connectivity index (χ0n) is 13.0. The van der Waals surface area contributed by atoms with E-state index in [-0.39, 0.29) is 16.3 Å². The van der Waals surface area contributed by atoms with Crippen molar-refractivity contribution in [1.29, 1.82) is 0 Å². The van der Waals surface area contributed by atoms with Gasteiger partial charge >= 0.3 is 12.3 Å². The maximum absolute atomic E-state index is 13.7. The van der Waals surface area contributed by atoms with E-state index in [0.717, 1.165) is 31.4 Å². The van der Waals surface area contributed by atoms with E-state index >= 15 is 0 Å². The van der Waals surface area contributed by atoms with Crippen molar-refractivity contribution in [1.82, 2.24) is 0 Å². The van der Waals surface area contributed by atoms with Crippen molar-refractivity contribution in [3.05, 3.63) is 52.3 Å². The minimum Gasteiger partial charge on any atom is -0.465 e. The molecule has 0 saturated heterocycles. The Morgan fingerprint density at radius 1 is 1.16 bits per heavy atom. The predicted molar refractivity (Wildman–Crippen MR) is 83.9 cm³/mol. The van der Waals surface area contributed by atoms with E-state index in [2.05, 4.69) is 14.8 Å². The van der Waals surface area contributed by atoms with Crippen LogP contribution in [0.1, 0.15) is 15.9 Å². The van der Waals surface area contributed by atoms with Crippen molar-refractivity contribution in [3.63, 3.8) is 0 Å². The highest BCUT2D eigenvalue weighted by atomic mass is 35.5. The molecule has 134 valence electrons. The number of nitrogens with one attached hydrogen (secondary N) is 1. The molecule has 2 aromatic carbocycles. The highest BCUT2D eigenvalue weighted by Gasteiger charge is 2.31. The molecule has 0 aliphatic rings. The standard InChI is InChI=1S/C16H12ClF4NO3/c1-8-5-9(25-16(19,20)21)3-4-13(8)22-14-7-12(18)11(17)6-10(14)15(23)24-2/h3-7,22H,1-2H3. The van der Waals surface area contributed by atoms with Crippen LogP contribution in [-0.4, -0.2) is 19.4 Å². The summed E-state index contributed by atoms with van der Waals surface area (Å²) in [6.07, 6.45) is -4.81. The minimum absolute atomic E-state index is 0.0241. The van der Waals surface area contributed by atoms with Crippen LogP contribution >= 0.6 is 11.6 Å². The summed E-state index contributed by atoms with van der Waals surface area (Å²) in [7, 11) is 1.15. The smallest absolute Gasteiger partial charge is 0.465 e. The quantitative estimate of drug-likeness (QED) is 0.586. The number of rotatable bonds is 4. The number of aryl methyl sites for hydroxylation is 1. The number of hydrogen-bond acceptors (Lipinski definition) is 4. The number of methoxy groups -OCH3 is 1. The van der Waals surface area contributed by atoms with Crippen LogP contribution in [0, 0.1) is 12.7 Å². The van der Waals surface area contributed by atoms with Gasteiger partial charge in [0.2, 0.25) is 0 Å². The molecular formula is C16H12ClF4NO3. The molecule has 0 amide bonds. The van der Waals surface area contributed by atoms with Crippen molar-refractivity contribution in [2.45, 2.75) is 13.3 Å². The van der Waals surface area contributed by atoms with Crippen LogP contribution in [0.25, 0.3) is 0 Å². The normalized spacial score (nSPS) is 11.2. The topological polar surface area (TPSA) is 47.6 Å². The van der Waals surface area contributed by atoms with Gasteiger partial charge < -0.3 is 14.8 Å². The van der Waals surface area contributed by atoms with Gasteiger partial charge in [-0.05, 0) is 42.8 Å². The van der Waals surface area contributed by atoms with Crippen LogP contribution in [0.15, 0.2) is 30.3 Å². The molecule has 0 unspecified atom stereocenters. The molecule has 2 aromatic rings. The van der Waals surface area contributed by atoms with Gasteiger partial charge in [-0.25, -0.2) is 9.18 Å². The zero-order valence-corrected chi connectivity index (χ0v) is 13.8. The molecule has 0 radical (unpaired) electrons. The zero-order chi connectivity index (χ0) is 18.8. The van der Waals surface area contributed by atoms with Crippen LogP contribution in [0.2, 0.25) is 5.02 Å². The molecule has 1 N–H and O–H groups in total. The van der Waals surface area contributed by atoms with E-state index in [1.165, 1.54) is 13.0 Å². The molecular weight excluding hydrogens is 366 g/mol. The first-order valence-corrected chi connectivity index (χ1v) is 7.19. The Balaban J connectivity index is 2.36. The molecule has 0 aliphatic heterocycles. The molecule has 0 bridgehead atoms. The Morgan fingerprint density at radius 3 is 2.40 bits per heavy atom. The lowest BCUT2D eigenvalue weighted by Gasteiger charge is -2.15. The van der Waals surface area contributed by atoms with E-state index in [4.69, 9.17) is 11.6 Å². The Morgan fingerprint density at radius 2 is 1.84 bits per heavy atom. The average Bonchev–Trinajstić information content (AvgIpc) is 2.51. The summed E-state index contributed by atoms with van der Waals surface area (Å²) in [5, 5.41) is 2.51. The van der Waals surface area contributed by atoms with Gasteiger partial charge in [0.15, 0.2) is 0 Å². The number of ether oxygens (including phenoxy) is 2. The third kappa shape index (κ3) is 4.76. The molecule has 4 nitrogen and oxygen atoms in total. The lowest BCUT2D eigenvalue weighted by atomic mass is 10.1. The van der Waals surface area contributed by atoms with Crippen LogP contribution < -0.4 is 10.1 Å². The summed E-state index contributed by atoms with van der Waals surface area (Å²) in [6, 6.07) is 5.65. The number of esters is 1. The molecule has 0 spiro atoms. The summed E-state index contributed by atoms with van der Waals surface area (Å²) >= 11 is 5.67. The molecule has 9 heteroatoms. The summed E-state index contributed by atoms with van der Waals surface area (Å²) < 4.78 is 58.9. The van der Waals surface area contributed by atoms with Gasteiger partial charge in [-0.2, -0.15) is 0 Å². The molecule has 0 fully saturated rings. The van der Waals surface area contributed by atoms with Gasteiger partial charge in [0.25, 0.3) is 0 Å². The van der Waals surface area contributed by atoms with E-state index in [9.17, 15) is 22.4 Å². The van der Waals surface area contributed by atoms with Crippen molar-refractivity contribution < 1.29 is 31.8 Å². The van der Waals surface area contributed by atoms with Crippen molar-refractivity contribution in [3.8, 4) is 5.75 Å². The van der Waals surface area contributed by atoms with Crippen LogP contribution in [-0.2, 0) is 4.74 Å². The maximum Gasteiger partial charge on any atom is 0.573 e. The van der Waals surface area contributed by atoms with E-state index in [0.29, 0.717) is 11.3 Å². The van der Waals surface area contributed by atoms with Crippen LogP contribution in [0.3, 0.4) is 0 Å². The van der Waals surface area contributed by atoms with Crippen molar-refractivity contribution in [2.24, 2.45) is 0 Å². The van der Waals surface area contributed by atoms with Gasteiger partial charge in [0.05, 0.1) is 23.4 Å². The summed E-state index contributed by atoms with van der Waals surface area (Å²) in [5.74, 6) is -1.92. The highest BCUT2D eigenvalue weighted by Crippen LogP contribution is 2.31. The van der Waals surface area contributed by atoms with Crippen LogP contribution in [0.5, 0.6) is 5.75 Å². The Kier molecular flexibility index (Phi) is 5.42. The molecule has 0 aliphatic carbocycles. The number of carbonyl (C=O) groups excluding carboxylic acids is 1. The van der Waals surface area contributed by atoms with Crippen molar-refractivity contribution >= 4 is 28.9 Å². The maximum atomic E-state index is 13.7. The number of halogens is 5. The second-order valence-corrected chi connectivity index (χ2v) is 5.36. The van der Waals surface area contributed by atoms with E-state index in [1.54, 1.807) is 0 Å². The number of alkyl halides is 3. The average molecular weight is 378 g/mol. The Labute approximate surface area is 145 Å². The van der Waals surface area contributed by atoms with Crippen molar-refractivity contribution in [2.75, 3.05) is 12.4 Å². The first-order valence-electron chi connectivity index (χ1n) is 6.81. The highest BCUT2D eigenvalue weighted by molar-refractivity contribution is 6.31. The number of carbonyl (C=O) groups is 1. The fourth-order valence-electron chi connectivity index (χ4n) is 2.05. The molecule has 0 saturated carbocycles. The minimum atomic E-state index is -4.81. The molecule has 25 heavy (non-hydrogen) atoms. The Bertz CT molecular complexity index is 809. The third-order valence-electron chi connectivity index (χ3n) is 3.17. The number of benzene rings is 2. The first-order chi connectivity index (χ1) is 11.6. The van der Waals surface area contributed by atoms with Gasteiger partial charge in [-0.1, -0.05) is 11.6 Å². The van der Waals surface area contributed by atoms with Gasteiger partial charge in [0, 0.05) is 5.69 Å². The summed E-state index contributed by atoms with van der Waals surface area (Å²) in [5.41, 5.74) is 0.764. The second-order valence-electron chi connectivity index (χ2n) is 4.95. The fraction of sp³-hybridized carbons (Fsp3) is 0.188. The monoisotopic (exact) mass is 377 g/mol. The van der Waals surface area contributed by atoms with Gasteiger partial charge in [-0.3, -0.25) is 0 Å². The molecule has 0 heterocycles. The van der Waals surface area contributed by atoms with E-state index < -0.39 is 23.9 Å². The molecule has 0 aromatic heterocycles.